The van der Waals surface area contributed by atoms with E-state index in [2.05, 4.69) is 4.90 Å². The molecule has 1 aliphatic heterocycles. The smallest absolute Gasteiger partial charge is 0.269 e. The summed E-state index contributed by atoms with van der Waals surface area (Å²) < 4.78 is 31.7. The maximum Gasteiger partial charge on any atom is 0.269 e. The molecular weight excluding hydrogens is 290 g/mol. The lowest BCUT2D eigenvalue weighted by Gasteiger charge is -2.43. The van der Waals surface area contributed by atoms with Crippen molar-refractivity contribution in [1.29, 1.82) is 0 Å². The molecule has 0 radical (unpaired) electrons. The number of benzene rings is 1. The Balaban J connectivity index is 2.62. The van der Waals surface area contributed by atoms with Crippen molar-refractivity contribution in [2.24, 2.45) is 0 Å². The lowest BCUT2D eigenvalue weighted by atomic mass is 9.88. The average Bonchev–Trinajstić information content (AvgIpc) is 2.35. The number of hydrogen-bond acceptors (Lipinski definition) is 4. The van der Waals surface area contributed by atoms with E-state index in [0.717, 1.165) is 23.4 Å². The van der Waals surface area contributed by atoms with Crippen LogP contribution in [-0.4, -0.2) is 35.9 Å². The molecule has 1 heterocycles. The van der Waals surface area contributed by atoms with Crippen molar-refractivity contribution in [2.75, 3.05) is 17.2 Å². The maximum absolute atomic E-state index is 11.3. The maximum atomic E-state index is 11.3. The topological polar surface area (TPSA) is 77.8 Å². The van der Waals surface area contributed by atoms with Gasteiger partial charge < -0.3 is 10.0 Å². The van der Waals surface area contributed by atoms with Gasteiger partial charge in [0, 0.05) is 17.8 Å². The van der Waals surface area contributed by atoms with Crippen LogP contribution in [0.4, 0.5) is 5.69 Å². The third-order valence-corrected chi connectivity index (χ3v) is 4.43. The first kappa shape index (κ1) is 16.0. The van der Waals surface area contributed by atoms with Crippen molar-refractivity contribution in [3.8, 4) is 0 Å². The second-order valence-corrected chi connectivity index (χ2v) is 7.26. The Bertz CT molecular complexity index is 677. The van der Waals surface area contributed by atoms with E-state index in [1.165, 1.54) is 0 Å². The summed E-state index contributed by atoms with van der Waals surface area (Å²) in [5, 5.41) is 9.31. The van der Waals surface area contributed by atoms with E-state index in [1.807, 2.05) is 32.9 Å². The molecule has 1 aromatic rings. The van der Waals surface area contributed by atoms with Gasteiger partial charge in [-0.05, 0) is 38.0 Å². The fraction of sp³-hybridized carbons (Fsp3) is 0.467. The number of aliphatic hydroxyl groups excluding tert-OH is 1. The van der Waals surface area contributed by atoms with Gasteiger partial charge in [-0.25, -0.2) is 0 Å². The molecule has 0 unspecified atom stereocenters. The van der Waals surface area contributed by atoms with E-state index >= 15 is 0 Å². The number of nitrogens with zero attached hydrogens (tertiary/aromatic N) is 1. The SMILES string of the molecule is CCN1c2cc(CO)ccc2C(CS(=O)(=O)O)=CC1(C)C. The minimum Gasteiger partial charge on any atom is -0.392 e. The largest absolute Gasteiger partial charge is 0.392 e. The second-order valence-electron chi connectivity index (χ2n) is 5.80. The van der Waals surface area contributed by atoms with Crippen LogP contribution in [0.3, 0.4) is 0 Å². The highest BCUT2D eigenvalue weighted by Gasteiger charge is 2.32. The van der Waals surface area contributed by atoms with E-state index in [4.69, 9.17) is 4.55 Å². The minimum atomic E-state index is -4.09. The first-order chi connectivity index (χ1) is 9.68. The third kappa shape index (κ3) is 3.28. The van der Waals surface area contributed by atoms with Crippen LogP contribution in [0.5, 0.6) is 0 Å². The van der Waals surface area contributed by atoms with E-state index < -0.39 is 15.9 Å². The fourth-order valence-corrected chi connectivity index (χ4v) is 3.59. The van der Waals surface area contributed by atoms with Crippen molar-refractivity contribution >= 4 is 21.4 Å². The predicted molar refractivity (Wildman–Crippen MR) is 83.9 cm³/mol. The van der Waals surface area contributed by atoms with Gasteiger partial charge in [-0.2, -0.15) is 8.42 Å². The monoisotopic (exact) mass is 311 g/mol. The molecule has 5 nitrogen and oxygen atoms in total. The van der Waals surface area contributed by atoms with Crippen LogP contribution >= 0.6 is 0 Å². The first-order valence-electron chi connectivity index (χ1n) is 6.86. The quantitative estimate of drug-likeness (QED) is 0.832. The zero-order chi connectivity index (χ0) is 15.8. The molecule has 0 saturated carbocycles. The van der Waals surface area contributed by atoms with Crippen molar-refractivity contribution in [3.63, 3.8) is 0 Å². The molecule has 2 rings (SSSR count). The first-order valence-corrected chi connectivity index (χ1v) is 8.47. The van der Waals surface area contributed by atoms with Gasteiger partial charge in [0.25, 0.3) is 10.1 Å². The Kier molecular flexibility index (Phi) is 4.15. The van der Waals surface area contributed by atoms with E-state index in [1.54, 1.807) is 12.1 Å². The van der Waals surface area contributed by atoms with Gasteiger partial charge in [0.2, 0.25) is 0 Å². The Morgan fingerprint density at radius 1 is 1.29 bits per heavy atom. The molecule has 116 valence electrons. The summed E-state index contributed by atoms with van der Waals surface area (Å²) in [6.07, 6.45) is 1.88. The van der Waals surface area contributed by atoms with Gasteiger partial charge in [-0.1, -0.05) is 18.2 Å². The van der Waals surface area contributed by atoms with Gasteiger partial charge >= 0.3 is 0 Å². The molecule has 0 spiro atoms. The fourth-order valence-electron chi connectivity index (χ4n) is 2.96. The Labute approximate surface area is 125 Å². The van der Waals surface area contributed by atoms with Crippen LogP contribution < -0.4 is 4.90 Å². The number of rotatable bonds is 4. The van der Waals surface area contributed by atoms with Crippen LogP contribution in [0.1, 0.15) is 31.9 Å². The highest BCUT2D eigenvalue weighted by atomic mass is 32.2. The van der Waals surface area contributed by atoms with Crippen molar-refractivity contribution in [3.05, 3.63) is 35.4 Å². The van der Waals surface area contributed by atoms with Crippen molar-refractivity contribution in [1.82, 2.24) is 0 Å². The summed E-state index contributed by atoms with van der Waals surface area (Å²) in [5.74, 6) is -0.403. The van der Waals surface area contributed by atoms with Crippen LogP contribution in [-0.2, 0) is 16.7 Å². The van der Waals surface area contributed by atoms with Gasteiger partial charge in [0.1, 0.15) is 5.75 Å². The number of anilines is 1. The summed E-state index contributed by atoms with van der Waals surface area (Å²) in [6, 6.07) is 5.44. The van der Waals surface area contributed by atoms with E-state index in [-0.39, 0.29) is 12.1 Å². The van der Waals surface area contributed by atoms with Crippen LogP contribution in [0.2, 0.25) is 0 Å². The summed E-state index contributed by atoms with van der Waals surface area (Å²) in [4.78, 5) is 2.15. The molecule has 1 aromatic carbocycles. The molecule has 0 bridgehead atoms. The standard InChI is InChI=1S/C15H21NO4S/c1-4-16-14-7-11(9-17)5-6-13(14)12(8-15(16,2)3)10-21(18,19)20/h5-8,17H,4,9-10H2,1-3H3,(H,18,19,20). The minimum absolute atomic E-state index is 0.0669. The zero-order valence-corrected chi connectivity index (χ0v) is 13.3. The Morgan fingerprint density at radius 3 is 2.48 bits per heavy atom. The van der Waals surface area contributed by atoms with Crippen LogP contribution in [0.15, 0.2) is 24.3 Å². The molecule has 0 saturated heterocycles. The summed E-state index contributed by atoms with van der Waals surface area (Å²) in [5.41, 5.74) is 2.67. The lowest BCUT2D eigenvalue weighted by Crippen LogP contribution is -2.45. The third-order valence-electron chi connectivity index (χ3n) is 3.76. The molecule has 1 aliphatic rings. The molecule has 0 atom stereocenters. The molecule has 0 aliphatic carbocycles. The van der Waals surface area contributed by atoms with Gasteiger partial charge in [-0.3, -0.25) is 4.55 Å². The van der Waals surface area contributed by atoms with E-state index in [9.17, 15) is 13.5 Å². The van der Waals surface area contributed by atoms with Gasteiger partial charge in [0.15, 0.2) is 0 Å². The average molecular weight is 311 g/mol. The number of likely N-dealkylation sites (N-methyl/N-ethyl adjacent to an activating group) is 1. The highest BCUT2D eigenvalue weighted by Crippen LogP contribution is 2.39. The summed E-state index contributed by atoms with van der Waals surface area (Å²) in [7, 11) is -4.09. The number of fused-ring (bicyclic) bond motifs is 1. The molecule has 6 heteroatoms. The van der Waals surface area contributed by atoms with Gasteiger partial charge in [-0.15, -0.1) is 0 Å². The van der Waals surface area contributed by atoms with Gasteiger partial charge in [0.05, 0.1) is 12.1 Å². The summed E-state index contributed by atoms with van der Waals surface area (Å²) >= 11 is 0. The van der Waals surface area contributed by atoms with E-state index in [0.29, 0.717) is 5.57 Å². The molecular formula is C15H21NO4S. The van der Waals surface area contributed by atoms with Crippen molar-refractivity contribution < 1.29 is 18.1 Å². The van der Waals surface area contributed by atoms with Crippen LogP contribution in [0, 0.1) is 0 Å². The van der Waals surface area contributed by atoms with Crippen molar-refractivity contribution in [2.45, 2.75) is 32.9 Å². The molecule has 0 amide bonds. The number of hydrogen-bond donors (Lipinski definition) is 2. The molecule has 21 heavy (non-hydrogen) atoms. The Morgan fingerprint density at radius 2 is 1.95 bits per heavy atom. The summed E-state index contributed by atoms with van der Waals surface area (Å²) in [6.45, 7) is 6.70. The normalized spacial score (nSPS) is 17.4. The molecule has 0 aromatic heterocycles. The highest BCUT2D eigenvalue weighted by molar-refractivity contribution is 7.86. The number of aliphatic hydroxyl groups is 1. The second kappa shape index (κ2) is 5.44. The molecule has 0 fully saturated rings. The predicted octanol–water partition coefficient (Wildman–Crippen LogP) is 2.07. The van der Waals surface area contributed by atoms with Crippen LogP contribution in [0.25, 0.3) is 5.57 Å². The Hall–Kier alpha value is -1.37. The molecule has 2 N–H and O–H groups in total. The lowest BCUT2D eigenvalue weighted by molar-refractivity contribution is 0.282. The zero-order valence-electron chi connectivity index (χ0n) is 12.5.